The van der Waals surface area contributed by atoms with E-state index in [1.165, 1.54) is 0 Å². The van der Waals surface area contributed by atoms with E-state index in [0.29, 0.717) is 6.04 Å². The largest absolute Gasteiger partial charge is 0.481 e. The third-order valence-corrected chi connectivity index (χ3v) is 6.39. The zero-order chi connectivity index (χ0) is 26.3. The molecule has 0 aromatic rings. The fourth-order valence-corrected chi connectivity index (χ4v) is 4.09. The molecule has 192 valence electrons. The first-order valence-electron chi connectivity index (χ1n) is 11.4. The van der Waals surface area contributed by atoms with E-state index in [0.717, 1.165) is 0 Å². The van der Waals surface area contributed by atoms with Crippen LogP contribution in [0.15, 0.2) is 0 Å². The second-order valence-corrected chi connectivity index (χ2v) is 17.4. The third-order valence-electron chi connectivity index (χ3n) is 4.64. The molecule has 0 aliphatic rings. The number of nitrogens with two attached hydrogens (primary N) is 1. The zero-order valence-corrected chi connectivity index (χ0v) is 22.8. The van der Waals surface area contributed by atoms with Gasteiger partial charge in [-0.2, -0.15) is 0 Å². The van der Waals surface area contributed by atoms with Crippen molar-refractivity contribution in [3.63, 3.8) is 0 Å². The van der Waals surface area contributed by atoms with E-state index in [2.05, 4.69) is 25.0 Å². The number of amides is 1. The minimum absolute atomic E-state index is 0.0259. The summed E-state index contributed by atoms with van der Waals surface area (Å²) in [5.74, 6) is -2.87. The summed E-state index contributed by atoms with van der Waals surface area (Å²) in [5, 5.41) is 12.0. The summed E-state index contributed by atoms with van der Waals surface area (Å²) in [5.41, 5.74) is 3.03. The summed E-state index contributed by atoms with van der Waals surface area (Å²) < 4.78 is 10.8. The lowest BCUT2D eigenvalue weighted by molar-refractivity contribution is -0.166. The van der Waals surface area contributed by atoms with Crippen molar-refractivity contribution in [3.8, 4) is 0 Å². The van der Waals surface area contributed by atoms with Gasteiger partial charge < -0.3 is 25.6 Å². The Kier molecular flexibility index (Phi) is 11.3. The molecular formula is C23H44N2O7Si. The Morgan fingerprint density at radius 2 is 1.42 bits per heavy atom. The number of hydrogen-bond donors (Lipinski definition) is 3. The van der Waals surface area contributed by atoms with Gasteiger partial charge >= 0.3 is 17.9 Å². The monoisotopic (exact) mass is 488 g/mol. The standard InChI is InChI=1S/C23H44N2O7Si/c1-21(2,3)31-18(28)11-10-16(24)19(29)25-23(13-12-17(26)27,14-15-33(7,8)9)20(30)32-22(4,5)6/h16H,10-15,24H2,1-9H3,(H,25,29)(H,26,27)/t16-,23-/m0/s1. The lowest BCUT2D eigenvalue weighted by atomic mass is 9.89. The molecule has 4 N–H and O–H groups in total. The van der Waals surface area contributed by atoms with Crippen molar-refractivity contribution < 1.29 is 33.8 Å². The van der Waals surface area contributed by atoms with Gasteiger partial charge in [-0.3, -0.25) is 14.4 Å². The Morgan fingerprint density at radius 1 is 0.909 bits per heavy atom. The number of carbonyl (C=O) groups is 4. The van der Waals surface area contributed by atoms with E-state index in [9.17, 15) is 24.3 Å². The molecule has 1 amide bonds. The minimum Gasteiger partial charge on any atom is -0.481 e. The number of hydrogen-bond acceptors (Lipinski definition) is 7. The molecule has 0 unspecified atom stereocenters. The van der Waals surface area contributed by atoms with Gasteiger partial charge in [0.25, 0.3) is 0 Å². The fraction of sp³-hybridized carbons (Fsp3) is 0.826. The summed E-state index contributed by atoms with van der Waals surface area (Å²) in [6.07, 6.45) is -0.229. The van der Waals surface area contributed by atoms with Crippen molar-refractivity contribution in [2.24, 2.45) is 5.73 Å². The number of carboxylic acid groups (broad SMARTS) is 1. The molecule has 0 spiro atoms. The van der Waals surface area contributed by atoms with E-state index >= 15 is 0 Å². The van der Waals surface area contributed by atoms with Crippen molar-refractivity contribution in [3.05, 3.63) is 0 Å². The number of esters is 2. The predicted octanol–water partition coefficient (Wildman–Crippen LogP) is 3.23. The van der Waals surface area contributed by atoms with Gasteiger partial charge in [-0.05, 0) is 60.8 Å². The van der Waals surface area contributed by atoms with Gasteiger partial charge in [0.15, 0.2) is 0 Å². The lowest BCUT2D eigenvalue weighted by Crippen LogP contribution is -2.60. The Labute approximate surface area is 199 Å². The highest BCUT2D eigenvalue weighted by Gasteiger charge is 2.44. The van der Waals surface area contributed by atoms with E-state index < -0.39 is 54.7 Å². The number of nitrogens with one attached hydrogen (secondary N) is 1. The molecule has 10 heteroatoms. The Balaban J connectivity index is 5.72. The van der Waals surface area contributed by atoms with Crippen LogP contribution in [-0.4, -0.2) is 59.8 Å². The van der Waals surface area contributed by atoms with Crippen LogP contribution < -0.4 is 11.1 Å². The van der Waals surface area contributed by atoms with Gasteiger partial charge in [0.1, 0.15) is 16.7 Å². The molecule has 0 saturated carbocycles. The lowest BCUT2D eigenvalue weighted by Gasteiger charge is -2.37. The molecule has 0 aromatic heterocycles. The van der Waals surface area contributed by atoms with E-state index in [1.54, 1.807) is 41.5 Å². The van der Waals surface area contributed by atoms with Gasteiger partial charge in [0.05, 0.1) is 6.04 Å². The molecule has 0 aliphatic heterocycles. The zero-order valence-electron chi connectivity index (χ0n) is 21.8. The number of carboxylic acids is 1. The Morgan fingerprint density at radius 3 is 1.85 bits per heavy atom. The van der Waals surface area contributed by atoms with Gasteiger partial charge in [0.2, 0.25) is 5.91 Å². The van der Waals surface area contributed by atoms with Gasteiger partial charge in [-0.1, -0.05) is 25.7 Å². The van der Waals surface area contributed by atoms with Crippen LogP contribution in [0.4, 0.5) is 0 Å². The number of rotatable bonds is 12. The molecule has 33 heavy (non-hydrogen) atoms. The van der Waals surface area contributed by atoms with E-state index in [4.69, 9.17) is 15.2 Å². The second kappa shape index (κ2) is 12.0. The van der Waals surface area contributed by atoms with Crippen LogP contribution in [0.1, 0.15) is 73.6 Å². The van der Waals surface area contributed by atoms with Crippen LogP contribution in [0.5, 0.6) is 0 Å². The molecule has 9 nitrogen and oxygen atoms in total. The third kappa shape index (κ3) is 14.0. The van der Waals surface area contributed by atoms with Gasteiger partial charge in [-0.15, -0.1) is 0 Å². The predicted molar refractivity (Wildman–Crippen MR) is 129 cm³/mol. The van der Waals surface area contributed by atoms with Crippen LogP contribution in [0, 0.1) is 0 Å². The fourth-order valence-electron chi connectivity index (χ4n) is 2.92. The summed E-state index contributed by atoms with van der Waals surface area (Å²) in [4.78, 5) is 49.5. The first-order valence-corrected chi connectivity index (χ1v) is 15.1. The number of aliphatic carboxylic acids is 1. The van der Waals surface area contributed by atoms with Crippen LogP contribution >= 0.6 is 0 Å². The quantitative estimate of drug-likeness (QED) is 0.280. The number of ether oxygens (including phenoxy) is 2. The second-order valence-electron chi connectivity index (χ2n) is 11.8. The maximum atomic E-state index is 13.3. The molecular weight excluding hydrogens is 444 g/mol. The van der Waals surface area contributed by atoms with E-state index in [1.807, 2.05) is 0 Å². The van der Waals surface area contributed by atoms with Crippen LogP contribution in [-0.2, 0) is 28.7 Å². The molecule has 2 atom stereocenters. The summed E-state index contributed by atoms with van der Waals surface area (Å²) in [7, 11) is -1.66. The molecule has 0 heterocycles. The first-order chi connectivity index (χ1) is 14.7. The number of carbonyl (C=O) groups excluding carboxylic acids is 3. The maximum absolute atomic E-state index is 13.3. The molecule has 0 saturated heterocycles. The summed E-state index contributed by atoms with van der Waals surface area (Å²) >= 11 is 0. The van der Waals surface area contributed by atoms with Crippen molar-refractivity contribution >= 4 is 31.9 Å². The Hall–Kier alpha value is -1.94. The van der Waals surface area contributed by atoms with Crippen LogP contribution in [0.3, 0.4) is 0 Å². The molecule has 0 aromatic carbocycles. The smallest absolute Gasteiger partial charge is 0.332 e. The average Bonchev–Trinajstić information content (AvgIpc) is 2.58. The van der Waals surface area contributed by atoms with Crippen molar-refractivity contribution in [1.29, 1.82) is 0 Å². The van der Waals surface area contributed by atoms with Crippen molar-refractivity contribution in [2.75, 3.05) is 0 Å². The van der Waals surface area contributed by atoms with Crippen LogP contribution in [0.2, 0.25) is 25.7 Å². The van der Waals surface area contributed by atoms with Gasteiger partial charge in [0, 0.05) is 20.9 Å². The average molecular weight is 489 g/mol. The molecule has 0 rings (SSSR count). The SMILES string of the molecule is CC(C)(C)OC(=O)CC[C@H](N)C(=O)N[C@@](CCC(=O)O)(CC[Si](C)(C)C)C(=O)OC(C)(C)C. The summed E-state index contributed by atoms with van der Waals surface area (Å²) in [6.45, 7) is 16.7. The topological polar surface area (TPSA) is 145 Å². The van der Waals surface area contributed by atoms with E-state index in [-0.39, 0.29) is 32.1 Å². The highest BCUT2D eigenvalue weighted by Crippen LogP contribution is 2.28. The van der Waals surface area contributed by atoms with Crippen molar-refractivity contribution in [1.82, 2.24) is 5.32 Å². The normalized spacial score (nSPS) is 15.2. The summed E-state index contributed by atoms with van der Waals surface area (Å²) in [6, 6.07) is -0.407. The van der Waals surface area contributed by atoms with Gasteiger partial charge in [-0.25, -0.2) is 4.79 Å². The minimum atomic E-state index is -1.66. The first kappa shape index (κ1) is 31.1. The maximum Gasteiger partial charge on any atom is 0.332 e. The van der Waals surface area contributed by atoms with Crippen molar-refractivity contribution in [2.45, 2.75) is 122 Å². The highest BCUT2D eigenvalue weighted by molar-refractivity contribution is 6.76. The molecule has 0 aliphatic carbocycles. The highest BCUT2D eigenvalue weighted by atomic mass is 28.3. The Bertz CT molecular complexity index is 705. The molecule has 0 bridgehead atoms. The molecule has 0 fully saturated rings. The van der Waals surface area contributed by atoms with Crippen LogP contribution in [0.25, 0.3) is 0 Å². The molecule has 0 radical (unpaired) electrons.